The van der Waals surface area contributed by atoms with Crippen LogP contribution >= 0.6 is 11.8 Å². The molecule has 2 aromatic heterocycles. The zero-order valence-corrected chi connectivity index (χ0v) is 17.8. The summed E-state index contributed by atoms with van der Waals surface area (Å²) in [6, 6.07) is 26.8. The van der Waals surface area contributed by atoms with E-state index < -0.39 is 6.55 Å². The molecule has 2 heterocycles. The van der Waals surface area contributed by atoms with Crippen molar-refractivity contribution in [1.29, 1.82) is 0 Å². The van der Waals surface area contributed by atoms with Gasteiger partial charge in [-0.25, -0.2) is 4.98 Å². The van der Waals surface area contributed by atoms with Crippen molar-refractivity contribution in [2.75, 3.05) is 0 Å². The third kappa shape index (κ3) is 4.01. The van der Waals surface area contributed by atoms with E-state index >= 15 is 0 Å². The second-order valence-electron chi connectivity index (χ2n) is 7.19. The molecular formula is C24H19F2N5S. The van der Waals surface area contributed by atoms with Crippen molar-refractivity contribution in [3.63, 3.8) is 0 Å². The minimum absolute atomic E-state index is 0.245. The number of para-hydroxylation sites is 3. The average Bonchev–Trinajstić information content (AvgIpc) is 3.39. The second kappa shape index (κ2) is 8.92. The van der Waals surface area contributed by atoms with E-state index in [0.717, 1.165) is 21.6 Å². The van der Waals surface area contributed by atoms with Gasteiger partial charge in [0, 0.05) is 12.1 Å². The summed E-state index contributed by atoms with van der Waals surface area (Å²) >= 11 is 1.35. The van der Waals surface area contributed by atoms with Gasteiger partial charge in [-0.05, 0) is 29.8 Å². The molecule has 0 aliphatic carbocycles. The highest BCUT2D eigenvalue weighted by Crippen LogP contribution is 2.30. The molecule has 32 heavy (non-hydrogen) atoms. The van der Waals surface area contributed by atoms with E-state index in [4.69, 9.17) is 0 Å². The van der Waals surface area contributed by atoms with Crippen molar-refractivity contribution in [3.05, 3.63) is 102 Å². The Morgan fingerprint density at radius 2 is 1.47 bits per heavy atom. The van der Waals surface area contributed by atoms with Gasteiger partial charge in [0.05, 0.1) is 16.8 Å². The van der Waals surface area contributed by atoms with Crippen molar-refractivity contribution >= 4 is 22.8 Å². The Labute approximate surface area is 187 Å². The Kier molecular flexibility index (Phi) is 5.68. The summed E-state index contributed by atoms with van der Waals surface area (Å²) < 4.78 is 30.5. The standard InChI is InChI=1S/C24H19F2N5S/c25-23(26)31-20-14-8-7-13-19(20)27-22(31)16-32-24-29-28-21(15-17-9-3-1-4-10-17)30(24)18-11-5-2-6-12-18/h1-14,23H,15-16H2. The molecule has 0 aliphatic heterocycles. The van der Waals surface area contributed by atoms with Gasteiger partial charge in [0.15, 0.2) is 5.16 Å². The summed E-state index contributed by atoms with van der Waals surface area (Å²) in [6.07, 6.45) is 0.610. The quantitative estimate of drug-likeness (QED) is 0.292. The topological polar surface area (TPSA) is 48.5 Å². The van der Waals surface area contributed by atoms with E-state index in [1.165, 1.54) is 11.8 Å². The van der Waals surface area contributed by atoms with Gasteiger partial charge in [-0.3, -0.25) is 9.13 Å². The first-order valence-corrected chi connectivity index (χ1v) is 11.1. The highest BCUT2D eigenvalue weighted by molar-refractivity contribution is 7.98. The molecule has 0 aliphatic rings. The largest absolute Gasteiger partial charge is 0.320 e. The summed E-state index contributed by atoms with van der Waals surface area (Å²) in [5.41, 5.74) is 3.02. The van der Waals surface area contributed by atoms with E-state index in [9.17, 15) is 8.78 Å². The lowest BCUT2D eigenvalue weighted by Gasteiger charge is -2.11. The molecular weight excluding hydrogens is 428 g/mol. The maximum absolute atomic E-state index is 13.8. The molecule has 0 amide bonds. The molecule has 5 rings (SSSR count). The van der Waals surface area contributed by atoms with Gasteiger partial charge < -0.3 is 0 Å². The molecule has 0 N–H and O–H groups in total. The number of fused-ring (bicyclic) bond motifs is 1. The van der Waals surface area contributed by atoms with Gasteiger partial charge in [0.1, 0.15) is 11.6 Å². The van der Waals surface area contributed by atoms with Crippen LogP contribution in [-0.2, 0) is 12.2 Å². The number of aromatic nitrogens is 5. The molecule has 160 valence electrons. The Bertz CT molecular complexity index is 1330. The minimum Gasteiger partial charge on any atom is -0.274 e. The Balaban J connectivity index is 1.49. The fraction of sp³-hybridized carbons (Fsp3) is 0.125. The minimum atomic E-state index is -2.67. The molecule has 0 fully saturated rings. The van der Waals surface area contributed by atoms with Crippen LogP contribution in [0.4, 0.5) is 8.78 Å². The van der Waals surface area contributed by atoms with E-state index in [2.05, 4.69) is 15.2 Å². The van der Waals surface area contributed by atoms with Crippen molar-refractivity contribution in [3.8, 4) is 5.69 Å². The number of benzene rings is 3. The van der Waals surface area contributed by atoms with Gasteiger partial charge in [-0.1, -0.05) is 72.4 Å². The van der Waals surface area contributed by atoms with E-state index in [-0.39, 0.29) is 5.75 Å². The Morgan fingerprint density at radius 1 is 0.781 bits per heavy atom. The molecule has 0 radical (unpaired) electrons. The molecule has 0 saturated carbocycles. The van der Waals surface area contributed by atoms with Gasteiger partial charge in [-0.15, -0.1) is 10.2 Å². The second-order valence-corrected chi connectivity index (χ2v) is 8.13. The highest BCUT2D eigenvalue weighted by Gasteiger charge is 2.20. The molecule has 0 bridgehead atoms. The Hall–Kier alpha value is -3.52. The summed E-state index contributed by atoms with van der Waals surface area (Å²) in [7, 11) is 0. The molecule has 8 heteroatoms. The first-order chi connectivity index (χ1) is 15.7. The maximum atomic E-state index is 13.8. The molecule has 5 nitrogen and oxygen atoms in total. The third-order valence-electron chi connectivity index (χ3n) is 5.11. The zero-order valence-electron chi connectivity index (χ0n) is 17.0. The van der Waals surface area contributed by atoms with E-state index in [0.29, 0.717) is 28.4 Å². The highest BCUT2D eigenvalue weighted by atomic mass is 32.2. The summed E-state index contributed by atoms with van der Waals surface area (Å²) in [5.74, 6) is 1.33. The smallest absolute Gasteiger partial charge is 0.274 e. The van der Waals surface area contributed by atoms with Crippen molar-refractivity contribution < 1.29 is 8.78 Å². The van der Waals surface area contributed by atoms with Crippen LogP contribution in [-0.4, -0.2) is 24.3 Å². The molecule has 0 unspecified atom stereocenters. The van der Waals surface area contributed by atoms with Crippen LogP contribution in [0.3, 0.4) is 0 Å². The van der Waals surface area contributed by atoms with Crippen LogP contribution in [0.1, 0.15) is 23.8 Å². The van der Waals surface area contributed by atoms with Crippen molar-refractivity contribution in [1.82, 2.24) is 24.3 Å². The van der Waals surface area contributed by atoms with Crippen LogP contribution in [0.25, 0.3) is 16.7 Å². The van der Waals surface area contributed by atoms with E-state index in [1.807, 2.05) is 65.2 Å². The zero-order chi connectivity index (χ0) is 21.9. The number of imidazole rings is 1. The molecule has 0 atom stereocenters. The molecule has 3 aromatic carbocycles. The fourth-order valence-corrected chi connectivity index (χ4v) is 4.57. The lowest BCUT2D eigenvalue weighted by Crippen LogP contribution is -2.05. The first-order valence-electron chi connectivity index (χ1n) is 10.1. The monoisotopic (exact) mass is 447 g/mol. The number of nitrogens with zero attached hydrogens (tertiary/aromatic N) is 5. The van der Waals surface area contributed by atoms with Crippen molar-refractivity contribution in [2.24, 2.45) is 0 Å². The first kappa shape index (κ1) is 20.4. The molecule has 0 saturated heterocycles. The number of halogens is 2. The van der Waals surface area contributed by atoms with Crippen LogP contribution in [0.5, 0.6) is 0 Å². The van der Waals surface area contributed by atoms with Crippen LogP contribution in [0.2, 0.25) is 0 Å². The van der Waals surface area contributed by atoms with Crippen LogP contribution in [0, 0.1) is 0 Å². The summed E-state index contributed by atoms with van der Waals surface area (Å²) in [5, 5.41) is 9.44. The van der Waals surface area contributed by atoms with Gasteiger partial charge >= 0.3 is 6.55 Å². The number of alkyl halides is 2. The predicted octanol–water partition coefficient (Wildman–Crippen LogP) is 5.90. The predicted molar refractivity (Wildman–Crippen MR) is 121 cm³/mol. The van der Waals surface area contributed by atoms with Gasteiger partial charge in [-0.2, -0.15) is 8.78 Å². The molecule has 0 spiro atoms. The summed E-state index contributed by atoms with van der Waals surface area (Å²) in [6.45, 7) is -2.67. The lowest BCUT2D eigenvalue weighted by atomic mass is 10.1. The Morgan fingerprint density at radius 3 is 2.22 bits per heavy atom. The third-order valence-corrected chi connectivity index (χ3v) is 6.04. The van der Waals surface area contributed by atoms with Gasteiger partial charge in [0.2, 0.25) is 0 Å². The molecule has 5 aromatic rings. The number of hydrogen-bond donors (Lipinski definition) is 0. The van der Waals surface area contributed by atoms with Gasteiger partial charge in [0.25, 0.3) is 0 Å². The summed E-state index contributed by atoms with van der Waals surface area (Å²) in [4.78, 5) is 4.43. The number of thioether (sulfide) groups is 1. The lowest BCUT2D eigenvalue weighted by molar-refractivity contribution is 0.0722. The fourth-order valence-electron chi connectivity index (χ4n) is 3.67. The normalized spacial score (nSPS) is 11.5. The van der Waals surface area contributed by atoms with Crippen molar-refractivity contribution in [2.45, 2.75) is 23.9 Å². The number of hydrogen-bond acceptors (Lipinski definition) is 4. The number of rotatable bonds is 7. The maximum Gasteiger partial charge on any atom is 0.320 e. The van der Waals surface area contributed by atoms with E-state index in [1.54, 1.807) is 24.3 Å². The van der Waals surface area contributed by atoms with Crippen LogP contribution in [0.15, 0.2) is 90.1 Å². The average molecular weight is 448 g/mol. The van der Waals surface area contributed by atoms with Crippen LogP contribution < -0.4 is 0 Å². The SMILES string of the molecule is FC(F)n1c(CSc2nnc(Cc3ccccc3)n2-c2ccccc2)nc2ccccc21.